The Bertz CT molecular complexity index is 944. The number of hydrogen-bond acceptors (Lipinski definition) is 5. The van der Waals surface area contributed by atoms with Crippen LogP contribution in [0.5, 0.6) is 0 Å². The normalized spacial score (nSPS) is 11.7. The number of pyridine rings is 1. The van der Waals surface area contributed by atoms with E-state index in [1.54, 1.807) is 24.5 Å². The van der Waals surface area contributed by atoms with Gasteiger partial charge in [0.2, 0.25) is 5.91 Å². The average Bonchev–Trinajstić information content (AvgIpc) is 3.20. The van der Waals surface area contributed by atoms with Crippen molar-refractivity contribution in [2.24, 2.45) is 5.92 Å². The number of nitrogens with one attached hydrogen (secondary N) is 3. The van der Waals surface area contributed by atoms with Gasteiger partial charge in [-0.2, -0.15) is 0 Å². The van der Waals surface area contributed by atoms with E-state index >= 15 is 0 Å². The third-order valence-corrected chi connectivity index (χ3v) is 5.06. The van der Waals surface area contributed by atoms with Crippen LogP contribution >= 0.6 is 11.3 Å². The second kappa shape index (κ2) is 9.79. The Labute approximate surface area is 173 Å². The van der Waals surface area contributed by atoms with Crippen LogP contribution in [0, 0.1) is 5.92 Å². The van der Waals surface area contributed by atoms with E-state index in [2.05, 4.69) is 25.9 Å². The topological polar surface area (TPSA) is 96.0 Å². The second-order valence-corrected chi connectivity index (χ2v) is 7.71. The first-order valence-electron chi connectivity index (χ1n) is 9.28. The van der Waals surface area contributed by atoms with E-state index in [1.807, 2.05) is 49.6 Å². The molecule has 3 aromatic rings. The molecule has 2 heterocycles. The van der Waals surface area contributed by atoms with Crippen molar-refractivity contribution in [2.45, 2.75) is 26.4 Å². The molecule has 0 bridgehead atoms. The van der Waals surface area contributed by atoms with Crippen molar-refractivity contribution >= 4 is 29.0 Å². The molecule has 0 spiro atoms. The van der Waals surface area contributed by atoms with E-state index in [0.29, 0.717) is 12.2 Å². The van der Waals surface area contributed by atoms with Gasteiger partial charge in [-0.25, -0.2) is 9.78 Å². The smallest absolute Gasteiger partial charge is 0.319 e. The Morgan fingerprint density at radius 2 is 1.79 bits per heavy atom. The number of benzene rings is 1. The molecule has 3 rings (SSSR count). The number of urea groups is 1. The van der Waals surface area contributed by atoms with Gasteiger partial charge in [-0.1, -0.05) is 32.0 Å². The molecule has 0 radical (unpaired) electrons. The van der Waals surface area contributed by atoms with Crippen molar-refractivity contribution in [1.82, 2.24) is 20.6 Å². The zero-order valence-electron chi connectivity index (χ0n) is 16.3. The van der Waals surface area contributed by atoms with Crippen molar-refractivity contribution in [3.63, 3.8) is 0 Å². The molecule has 0 aliphatic heterocycles. The van der Waals surface area contributed by atoms with Gasteiger partial charge in [-0.15, -0.1) is 11.3 Å². The van der Waals surface area contributed by atoms with Crippen LogP contribution in [0.4, 0.5) is 10.5 Å². The SMILES string of the molecule is CC(C)C(NC(=O)Nc1ccccc1)C(=O)NCc1nc(-c2ccncc2)cs1. The fourth-order valence-electron chi connectivity index (χ4n) is 2.68. The van der Waals surface area contributed by atoms with Gasteiger partial charge in [0.15, 0.2) is 0 Å². The zero-order valence-corrected chi connectivity index (χ0v) is 17.1. The lowest BCUT2D eigenvalue weighted by Crippen LogP contribution is -2.50. The van der Waals surface area contributed by atoms with Gasteiger partial charge >= 0.3 is 6.03 Å². The largest absolute Gasteiger partial charge is 0.348 e. The maximum Gasteiger partial charge on any atom is 0.319 e. The average molecular weight is 410 g/mol. The minimum atomic E-state index is -0.654. The number of nitrogens with zero attached hydrogens (tertiary/aromatic N) is 2. The summed E-state index contributed by atoms with van der Waals surface area (Å²) in [5, 5.41) is 11.1. The molecule has 0 saturated carbocycles. The first-order chi connectivity index (χ1) is 14.0. The summed E-state index contributed by atoms with van der Waals surface area (Å²) in [6.07, 6.45) is 3.44. The number of rotatable bonds is 7. The van der Waals surface area contributed by atoms with E-state index in [9.17, 15) is 9.59 Å². The molecule has 2 aromatic heterocycles. The molecular formula is C21H23N5O2S. The molecule has 0 aliphatic rings. The Balaban J connectivity index is 1.56. The molecule has 8 heteroatoms. The van der Waals surface area contributed by atoms with Crippen molar-refractivity contribution in [2.75, 3.05) is 5.32 Å². The number of para-hydroxylation sites is 1. The van der Waals surface area contributed by atoms with Crippen LogP contribution in [-0.4, -0.2) is 27.9 Å². The summed E-state index contributed by atoms with van der Waals surface area (Å²) >= 11 is 1.48. The van der Waals surface area contributed by atoms with Crippen LogP contribution in [0.15, 0.2) is 60.2 Å². The number of carbonyl (C=O) groups is 2. The van der Waals surface area contributed by atoms with Gasteiger partial charge in [0, 0.05) is 29.0 Å². The molecule has 1 atom stereocenters. The standard InChI is InChI=1S/C21H23N5O2S/c1-14(2)19(26-21(28)24-16-6-4-3-5-7-16)20(27)23-12-18-25-17(13-29-18)15-8-10-22-11-9-15/h3-11,13-14,19H,12H2,1-2H3,(H,23,27)(H2,24,26,28). The van der Waals surface area contributed by atoms with Crippen LogP contribution in [-0.2, 0) is 11.3 Å². The van der Waals surface area contributed by atoms with E-state index in [1.165, 1.54) is 11.3 Å². The molecule has 3 amide bonds. The highest BCUT2D eigenvalue weighted by Crippen LogP contribution is 2.21. The first-order valence-corrected chi connectivity index (χ1v) is 10.2. The second-order valence-electron chi connectivity index (χ2n) is 6.77. The highest BCUT2D eigenvalue weighted by Gasteiger charge is 2.24. The van der Waals surface area contributed by atoms with E-state index in [-0.39, 0.29) is 11.8 Å². The molecule has 0 fully saturated rings. The number of aromatic nitrogens is 2. The van der Waals surface area contributed by atoms with Crippen molar-refractivity contribution in [3.05, 3.63) is 65.2 Å². The molecule has 1 aromatic carbocycles. The summed E-state index contributed by atoms with van der Waals surface area (Å²) in [6, 6.07) is 11.8. The van der Waals surface area contributed by atoms with Crippen molar-refractivity contribution in [1.29, 1.82) is 0 Å². The predicted molar refractivity (Wildman–Crippen MR) is 114 cm³/mol. The molecule has 150 valence electrons. The zero-order chi connectivity index (χ0) is 20.6. The summed E-state index contributed by atoms with van der Waals surface area (Å²) in [4.78, 5) is 33.4. The molecule has 0 aliphatic carbocycles. The molecule has 3 N–H and O–H groups in total. The summed E-state index contributed by atoms with van der Waals surface area (Å²) in [5.41, 5.74) is 2.50. The van der Waals surface area contributed by atoms with Gasteiger partial charge in [0.1, 0.15) is 11.0 Å². The fourth-order valence-corrected chi connectivity index (χ4v) is 3.43. The Kier molecular flexibility index (Phi) is 6.91. The quantitative estimate of drug-likeness (QED) is 0.555. The lowest BCUT2D eigenvalue weighted by atomic mass is 10.0. The predicted octanol–water partition coefficient (Wildman–Crippen LogP) is 3.67. The lowest BCUT2D eigenvalue weighted by Gasteiger charge is -2.21. The summed E-state index contributed by atoms with van der Waals surface area (Å²) < 4.78 is 0. The van der Waals surface area contributed by atoms with Crippen LogP contribution < -0.4 is 16.0 Å². The summed E-state index contributed by atoms with van der Waals surface area (Å²) in [7, 11) is 0. The van der Waals surface area contributed by atoms with Crippen LogP contribution in [0.3, 0.4) is 0 Å². The number of carbonyl (C=O) groups excluding carboxylic acids is 2. The number of amides is 3. The molecular weight excluding hydrogens is 386 g/mol. The fraction of sp³-hybridized carbons (Fsp3) is 0.238. The third kappa shape index (κ3) is 5.86. The Hall–Kier alpha value is -3.26. The van der Waals surface area contributed by atoms with Gasteiger partial charge in [0.05, 0.1) is 12.2 Å². The Morgan fingerprint density at radius 1 is 1.07 bits per heavy atom. The molecule has 1 unspecified atom stereocenters. The minimum absolute atomic E-state index is 0.0693. The first kappa shape index (κ1) is 20.5. The maximum atomic E-state index is 12.6. The van der Waals surface area contributed by atoms with Crippen molar-refractivity contribution < 1.29 is 9.59 Å². The molecule has 7 nitrogen and oxygen atoms in total. The van der Waals surface area contributed by atoms with Gasteiger partial charge in [0.25, 0.3) is 0 Å². The Morgan fingerprint density at radius 3 is 2.48 bits per heavy atom. The van der Waals surface area contributed by atoms with Gasteiger partial charge in [-0.05, 0) is 30.2 Å². The lowest BCUT2D eigenvalue weighted by molar-refractivity contribution is -0.124. The van der Waals surface area contributed by atoms with Crippen molar-refractivity contribution in [3.8, 4) is 11.3 Å². The minimum Gasteiger partial charge on any atom is -0.348 e. The van der Waals surface area contributed by atoms with Gasteiger partial charge in [-0.3, -0.25) is 9.78 Å². The van der Waals surface area contributed by atoms with Crippen LogP contribution in [0.1, 0.15) is 18.9 Å². The maximum absolute atomic E-state index is 12.6. The van der Waals surface area contributed by atoms with E-state index in [0.717, 1.165) is 16.3 Å². The summed E-state index contributed by atoms with van der Waals surface area (Å²) in [6.45, 7) is 4.08. The monoisotopic (exact) mass is 409 g/mol. The number of thiazole rings is 1. The van der Waals surface area contributed by atoms with Crippen LogP contribution in [0.25, 0.3) is 11.3 Å². The number of hydrogen-bond donors (Lipinski definition) is 3. The number of anilines is 1. The highest BCUT2D eigenvalue weighted by atomic mass is 32.1. The molecule has 0 saturated heterocycles. The van der Waals surface area contributed by atoms with Crippen LogP contribution in [0.2, 0.25) is 0 Å². The molecule has 29 heavy (non-hydrogen) atoms. The van der Waals surface area contributed by atoms with Gasteiger partial charge < -0.3 is 16.0 Å². The van der Waals surface area contributed by atoms with E-state index in [4.69, 9.17) is 0 Å². The highest BCUT2D eigenvalue weighted by molar-refractivity contribution is 7.09. The summed E-state index contributed by atoms with van der Waals surface area (Å²) in [5.74, 6) is -0.316. The van der Waals surface area contributed by atoms with E-state index < -0.39 is 12.1 Å². The third-order valence-electron chi connectivity index (χ3n) is 4.21.